The Hall–Kier alpha value is -0.870. The van der Waals surface area contributed by atoms with Crippen molar-refractivity contribution in [2.75, 3.05) is 0 Å². The van der Waals surface area contributed by atoms with Gasteiger partial charge in [0.2, 0.25) is 0 Å². The zero-order valence-electron chi connectivity index (χ0n) is 8.48. The van der Waals surface area contributed by atoms with Crippen molar-refractivity contribution in [3.8, 4) is 0 Å². The Kier molecular flexibility index (Phi) is 2.97. The molecule has 0 aromatic heterocycles. The molecule has 78 valence electrons. The predicted octanol–water partition coefficient (Wildman–Crippen LogP) is 2.37. The van der Waals surface area contributed by atoms with Gasteiger partial charge in [0.25, 0.3) is 10.1 Å². The average molecular weight is 214 g/mol. The molecular weight excluding hydrogens is 200 g/mol. The molecule has 3 nitrogen and oxygen atoms in total. The molecule has 0 atom stereocenters. The van der Waals surface area contributed by atoms with E-state index in [0.717, 1.165) is 5.56 Å². The Bertz CT molecular complexity index is 433. The minimum Gasteiger partial charge on any atom is -0.282 e. The third-order valence-electron chi connectivity index (χ3n) is 2.16. The van der Waals surface area contributed by atoms with Crippen molar-refractivity contribution in [2.45, 2.75) is 31.6 Å². The third kappa shape index (κ3) is 2.33. The first-order valence-corrected chi connectivity index (χ1v) is 5.84. The topological polar surface area (TPSA) is 54.4 Å². The Morgan fingerprint density at radius 3 is 2.29 bits per heavy atom. The number of rotatable bonds is 2. The van der Waals surface area contributed by atoms with Gasteiger partial charge in [-0.05, 0) is 30.0 Å². The van der Waals surface area contributed by atoms with Gasteiger partial charge in [-0.1, -0.05) is 26.0 Å². The minimum absolute atomic E-state index is 0.00343. The highest BCUT2D eigenvalue weighted by molar-refractivity contribution is 7.85. The Morgan fingerprint density at radius 1 is 1.29 bits per heavy atom. The minimum atomic E-state index is -4.09. The molecule has 1 N–H and O–H groups in total. The zero-order chi connectivity index (χ0) is 10.9. The molecule has 0 saturated carbocycles. The summed E-state index contributed by atoms with van der Waals surface area (Å²) >= 11 is 0. The molecule has 14 heavy (non-hydrogen) atoms. The first kappa shape index (κ1) is 11.2. The average Bonchev–Trinajstić information content (AvgIpc) is 2.02. The normalized spacial score (nSPS) is 12.1. The smallest absolute Gasteiger partial charge is 0.282 e. The number of hydrogen-bond acceptors (Lipinski definition) is 2. The third-order valence-corrected chi connectivity index (χ3v) is 3.15. The second-order valence-electron chi connectivity index (χ2n) is 3.65. The number of benzene rings is 1. The van der Waals surface area contributed by atoms with E-state index in [9.17, 15) is 8.42 Å². The summed E-state index contributed by atoms with van der Waals surface area (Å²) in [6.45, 7) is 5.60. The van der Waals surface area contributed by atoms with E-state index < -0.39 is 10.1 Å². The first-order valence-electron chi connectivity index (χ1n) is 4.40. The van der Waals surface area contributed by atoms with E-state index in [-0.39, 0.29) is 10.8 Å². The van der Waals surface area contributed by atoms with Crippen LogP contribution in [0, 0.1) is 6.92 Å². The molecule has 4 heteroatoms. The molecule has 0 amide bonds. The molecular formula is C10H14O3S. The first-order chi connectivity index (χ1) is 6.32. The SMILES string of the molecule is Cc1ccc(C(C)C)cc1S(=O)(=O)O. The van der Waals surface area contributed by atoms with E-state index in [1.807, 2.05) is 19.9 Å². The fourth-order valence-electron chi connectivity index (χ4n) is 1.25. The zero-order valence-corrected chi connectivity index (χ0v) is 9.30. The molecule has 0 spiro atoms. The van der Waals surface area contributed by atoms with Crippen molar-refractivity contribution in [3.63, 3.8) is 0 Å². The number of aryl methyl sites for hydroxylation is 1. The monoisotopic (exact) mass is 214 g/mol. The standard InChI is InChI=1S/C10H14O3S/c1-7(2)9-5-4-8(3)10(6-9)14(11,12)13/h4-7H,1-3H3,(H,11,12,13). The van der Waals surface area contributed by atoms with Crippen LogP contribution < -0.4 is 0 Å². The Labute approximate surface area is 84.5 Å². The van der Waals surface area contributed by atoms with Crippen molar-refractivity contribution in [2.24, 2.45) is 0 Å². The number of hydrogen-bond donors (Lipinski definition) is 1. The van der Waals surface area contributed by atoms with Crippen LogP contribution in [0.2, 0.25) is 0 Å². The van der Waals surface area contributed by atoms with Gasteiger partial charge in [0.15, 0.2) is 0 Å². The van der Waals surface area contributed by atoms with E-state index in [2.05, 4.69) is 0 Å². The molecule has 0 saturated heterocycles. The Morgan fingerprint density at radius 2 is 1.86 bits per heavy atom. The summed E-state index contributed by atoms with van der Waals surface area (Å²) in [5, 5.41) is 0. The van der Waals surface area contributed by atoms with Crippen molar-refractivity contribution in [1.82, 2.24) is 0 Å². The summed E-state index contributed by atoms with van der Waals surface area (Å²) in [5.74, 6) is 0.246. The fourth-order valence-corrected chi connectivity index (χ4v) is 2.01. The molecule has 0 radical (unpaired) electrons. The van der Waals surface area contributed by atoms with E-state index in [1.54, 1.807) is 13.0 Å². The van der Waals surface area contributed by atoms with Gasteiger partial charge < -0.3 is 0 Å². The van der Waals surface area contributed by atoms with Crippen molar-refractivity contribution in [3.05, 3.63) is 29.3 Å². The maximum Gasteiger partial charge on any atom is 0.294 e. The van der Waals surface area contributed by atoms with Crippen LogP contribution in [0.1, 0.15) is 30.9 Å². The Balaban J connectivity index is 3.37. The molecule has 1 aromatic rings. The van der Waals surface area contributed by atoms with Crippen molar-refractivity contribution in [1.29, 1.82) is 0 Å². The van der Waals surface area contributed by atoms with E-state index >= 15 is 0 Å². The van der Waals surface area contributed by atoms with E-state index in [4.69, 9.17) is 4.55 Å². The lowest BCUT2D eigenvalue weighted by Crippen LogP contribution is -2.02. The molecule has 0 unspecified atom stereocenters. The van der Waals surface area contributed by atoms with Gasteiger partial charge in [-0.3, -0.25) is 4.55 Å². The van der Waals surface area contributed by atoms with Crippen molar-refractivity contribution >= 4 is 10.1 Å². The lowest BCUT2D eigenvalue weighted by molar-refractivity contribution is 0.482. The highest BCUT2D eigenvalue weighted by Gasteiger charge is 2.14. The van der Waals surface area contributed by atoms with Crippen LogP contribution in [0.15, 0.2) is 23.1 Å². The van der Waals surface area contributed by atoms with Gasteiger partial charge in [-0.2, -0.15) is 8.42 Å². The lowest BCUT2D eigenvalue weighted by atomic mass is 10.0. The second kappa shape index (κ2) is 3.71. The molecule has 0 bridgehead atoms. The fraction of sp³-hybridized carbons (Fsp3) is 0.400. The maximum atomic E-state index is 11.0. The van der Waals surface area contributed by atoms with Crippen LogP contribution in [0.4, 0.5) is 0 Å². The van der Waals surface area contributed by atoms with E-state index in [1.165, 1.54) is 6.07 Å². The predicted molar refractivity (Wildman–Crippen MR) is 55.1 cm³/mol. The molecule has 0 aliphatic carbocycles. The molecule has 0 heterocycles. The van der Waals surface area contributed by atoms with Crippen LogP contribution >= 0.6 is 0 Å². The van der Waals surface area contributed by atoms with Gasteiger partial charge in [-0.15, -0.1) is 0 Å². The summed E-state index contributed by atoms with van der Waals surface area (Å²) in [5.41, 5.74) is 1.47. The summed E-state index contributed by atoms with van der Waals surface area (Å²) in [6.07, 6.45) is 0. The molecule has 0 aliphatic rings. The van der Waals surface area contributed by atoms with Gasteiger partial charge in [0.05, 0.1) is 4.90 Å². The summed E-state index contributed by atoms with van der Waals surface area (Å²) < 4.78 is 30.9. The van der Waals surface area contributed by atoms with Crippen LogP contribution in [-0.2, 0) is 10.1 Å². The van der Waals surface area contributed by atoms with Crippen LogP contribution in [0.3, 0.4) is 0 Å². The summed E-state index contributed by atoms with van der Waals surface area (Å²) in [4.78, 5) is 0.00343. The summed E-state index contributed by atoms with van der Waals surface area (Å²) in [6, 6.07) is 5.10. The molecule has 0 fully saturated rings. The highest BCUT2D eigenvalue weighted by atomic mass is 32.2. The van der Waals surface area contributed by atoms with Gasteiger partial charge in [0, 0.05) is 0 Å². The summed E-state index contributed by atoms with van der Waals surface area (Å²) in [7, 11) is -4.09. The molecule has 1 aromatic carbocycles. The van der Waals surface area contributed by atoms with E-state index in [0.29, 0.717) is 5.56 Å². The van der Waals surface area contributed by atoms with Crippen LogP contribution in [0.25, 0.3) is 0 Å². The molecule has 1 rings (SSSR count). The second-order valence-corrected chi connectivity index (χ2v) is 5.04. The molecule has 0 aliphatic heterocycles. The van der Waals surface area contributed by atoms with Crippen molar-refractivity contribution < 1.29 is 13.0 Å². The highest BCUT2D eigenvalue weighted by Crippen LogP contribution is 2.21. The van der Waals surface area contributed by atoms with Gasteiger partial charge in [0.1, 0.15) is 0 Å². The maximum absolute atomic E-state index is 11.0. The van der Waals surface area contributed by atoms with Gasteiger partial charge in [-0.25, -0.2) is 0 Å². The quantitative estimate of drug-likeness (QED) is 0.769. The van der Waals surface area contributed by atoms with Gasteiger partial charge >= 0.3 is 0 Å². The van der Waals surface area contributed by atoms with Crippen LogP contribution in [0.5, 0.6) is 0 Å². The van der Waals surface area contributed by atoms with Crippen LogP contribution in [-0.4, -0.2) is 13.0 Å². The largest absolute Gasteiger partial charge is 0.294 e. The lowest BCUT2D eigenvalue weighted by Gasteiger charge is -2.08.